The average molecular weight is 498 g/mol. The number of benzene rings is 3. The maximum absolute atomic E-state index is 12.9. The minimum atomic E-state index is -3.99. The summed E-state index contributed by atoms with van der Waals surface area (Å²) in [5.41, 5.74) is 1.87. The Labute approximate surface area is 204 Å². The molecular weight excluding hydrogens is 470 g/mol. The van der Waals surface area contributed by atoms with E-state index in [4.69, 9.17) is 9.47 Å². The third-order valence-corrected chi connectivity index (χ3v) is 7.27. The van der Waals surface area contributed by atoms with E-state index in [9.17, 15) is 18.3 Å². The van der Waals surface area contributed by atoms with Crippen molar-refractivity contribution in [1.29, 1.82) is 0 Å². The van der Waals surface area contributed by atoms with Crippen molar-refractivity contribution in [1.82, 2.24) is 0 Å². The zero-order valence-electron chi connectivity index (χ0n) is 19.5. The van der Waals surface area contributed by atoms with Crippen LogP contribution >= 0.6 is 0 Å². The van der Waals surface area contributed by atoms with Crippen LogP contribution in [-0.4, -0.2) is 59.9 Å². The van der Waals surface area contributed by atoms with E-state index in [1.165, 1.54) is 38.5 Å². The molecule has 184 valence electrons. The molecular formula is C25H27N3O6S. The summed E-state index contributed by atoms with van der Waals surface area (Å²) in [6.07, 6.45) is 0. The molecule has 0 radical (unpaired) electrons. The Balaban J connectivity index is 1.53. The van der Waals surface area contributed by atoms with Gasteiger partial charge in [-0.2, -0.15) is 0 Å². The summed E-state index contributed by atoms with van der Waals surface area (Å²) >= 11 is 0. The van der Waals surface area contributed by atoms with E-state index in [0.29, 0.717) is 24.5 Å². The van der Waals surface area contributed by atoms with Crippen LogP contribution in [0.5, 0.6) is 11.5 Å². The van der Waals surface area contributed by atoms with Gasteiger partial charge >= 0.3 is 5.97 Å². The van der Waals surface area contributed by atoms with Gasteiger partial charge in [0.1, 0.15) is 0 Å². The summed E-state index contributed by atoms with van der Waals surface area (Å²) in [5, 5.41) is 9.85. The Kier molecular flexibility index (Phi) is 7.02. The first-order valence-corrected chi connectivity index (χ1v) is 12.5. The Morgan fingerprint density at radius 1 is 0.857 bits per heavy atom. The van der Waals surface area contributed by atoms with Crippen molar-refractivity contribution < 1.29 is 27.8 Å². The Hall–Kier alpha value is -3.92. The van der Waals surface area contributed by atoms with E-state index < -0.39 is 16.0 Å². The second-order valence-corrected chi connectivity index (χ2v) is 9.65. The van der Waals surface area contributed by atoms with Gasteiger partial charge in [-0.15, -0.1) is 0 Å². The van der Waals surface area contributed by atoms with Crippen molar-refractivity contribution in [3.63, 3.8) is 0 Å². The van der Waals surface area contributed by atoms with Crippen LogP contribution < -0.4 is 24.0 Å². The smallest absolute Gasteiger partial charge is 0.337 e. The monoisotopic (exact) mass is 497 g/mol. The second kappa shape index (κ2) is 10.1. The lowest BCUT2D eigenvalue weighted by Gasteiger charge is -2.38. The van der Waals surface area contributed by atoms with E-state index in [2.05, 4.69) is 21.8 Å². The molecule has 0 atom stereocenters. The fourth-order valence-corrected chi connectivity index (χ4v) is 5.15. The highest BCUT2D eigenvalue weighted by Crippen LogP contribution is 2.31. The van der Waals surface area contributed by atoms with Crippen molar-refractivity contribution in [3.05, 3.63) is 72.3 Å². The maximum Gasteiger partial charge on any atom is 0.337 e. The molecule has 1 aliphatic heterocycles. The zero-order chi connectivity index (χ0) is 25.0. The SMILES string of the molecule is COc1ccc(S(=O)(=O)Nc2ccc(N3CCN(c4ccccc4)CC3)c(C(=O)O)c2)cc1OC. The van der Waals surface area contributed by atoms with Gasteiger partial charge < -0.3 is 24.4 Å². The predicted octanol–water partition coefficient (Wildman–Crippen LogP) is 3.53. The second-order valence-electron chi connectivity index (χ2n) is 7.97. The van der Waals surface area contributed by atoms with Gasteiger partial charge in [-0.25, -0.2) is 13.2 Å². The number of nitrogens with zero attached hydrogens (tertiary/aromatic N) is 2. The molecule has 1 saturated heterocycles. The molecule has 1 fully saturated rings. The van der Waals surface area contributed by atoms with Crippen molar-refractivity contribution >= 4 is 33.1 Å². The summed E-state index contributed by atoms with van der Waals surface area (Å²) < 4.78 is 38.7. The first kappa shape index (κ1) is 24.2. The normalized spacial score (nSPS) is 13.9. The highest BCUT2D eigenvalue weighted by atomic mass is 32.2. The standard InChI is InChI=1S/C25H27N3O6S/c1-33-23-11-9-20(17-24(23)34-2)35(31,32)26-18-8-10-22(21(16-18)25(29)30)28-14-12-27(13-15-28)19-6-4-3-5-7-19/h3-11,16-17,26H,12-15H2,1-2H3,(H,29,30). The van der Waals surface area contributed by atoms with Crippen LogP contribution in [0.15, 0.2) is 71.6 Å². The van der Waals surface area contributed by atoms with Crippen LogP contribution in [0, 0.1) is 0 Å². The van der Waals surface area contributed by atoms with Crippen LogP contribution in [-0.2, 0) is 10.0 Å². The van der Waals surface area contributed by atoms with Gasteiger partial charge in [0.05, 0.1) is 30.4 Å². The lowest BCUT2D eigenvalue weighted by molar-refractivity contribution is 0.0697. The highest BCUT2D eigenvalue weighted by molar-refractivity contribution is 7.92. The fourth-order valence-electron chi connectivity index (χ4n) is 4.09. The van der Waals surface area contributed by atoms with Gasteiger partial charge in [0.2, 0.25) is 0 Å². The number of sulfonamides is 1. The van der Waals surface area contributed by atoms with Crippen molar-refractivity contribution in [2.75, 3.05) is 54.9 Å². The number of anilines is 3. The summed E-state index contributed by atoms with van der Waals surface area (Å²) in [4.78, 5) is 16.3. The van der Waals surface area contributed by atoms with Gasteiger partial charge in [-0.3, -0.25) is 4.72 Å². The molecule has 0 spiro atoms. The van der Waals surface area contributed by atoms with Crippen molar-refractivity contribution in [3.8, 4) is 11.5 Å². The third-order valence-electron chi connectivity index (χ3n) is 5.89. The van der Waals surface area contributed by atoms with E-state index in [1.807, 2.05) is 23.1 Å². The molecule has 0 unspecified atom stereocenters. The first-order chi connectivity index (χ1) is 16.8. The number of para-hydroxylation sites is 1. The number of hydrogen-bond donors (Lipinski definition) is 2. The Morgan fingerprint density at radius 2 is 1.51 bits per heavy atom. The molecule has 9 nitrogen and oxygen atoms in total. The number of carbonyl (C=O) groups is 1. The number of ether oxygens (including phenoxy) is 2. The summed E-state index contributed by atoms with van der Waals surface area (Å²) in [6, 6.07) is 18.9. The van der Waals surface area contributed by atoms with E-state index >= 15 is 0 Å². The van der Waals surface area contributed by atoms with Crippen LogP contribution in [0.1, 0.15) is 10.4 Å². The molecule has 0 aliphatic carbocycles. The zero-order valence-corrected chi connectivity index (χ0v) is 20.3. The summed E-state index contributed by atoms with van der Waals surface area (Å²) in [7, 11) is -1.11. The number of carboxylic acid groups (broad SMARTS) is 1. The molecule has 3 aromatic rings. The molecule has 0 aromatic heterocycles. The Bertz CT molecular complexity index is 1310. The topological polar surface area (TPSA) is 108 Å². The van der Waals surface area contributed by atoms with E-state index in [0.717, 1.165) is 18.8 Å². The van der Waals surface area contributed by atoms with Gasteiger partial charge in [0.25, 0.3) is 10.0 Å². The fraction of sp³-hybridized carbons (Fsp3) is 0.240. The minimum absolute atomic E-state index is 0.0330. The van der Waals surface area contributed by atoms with E-state index in [1.54, 1.807) is 12.1 Å². The molecule has 0 bridgehead atoms. The number of hydrogen-bond acceptors (Lipinski definition) is 7. The lowest BCUT2D eigenvalue weighted by atomic mass is 10.1. The molecule has 1 aliphatic rings. The van der Waals surface area contributed by atoms with Crippen molar-refractivity contribution in [2.45, 2.75) is 4.90 Å². The number of carboxylic acids is 1. The van der Waals surface area contributed by atoms with Crippen LogP contribution in [0.2, 0.25) is 0 Å². The summed E-state index contributed by atoms with van der Waals surface area (Å²) in [6.45, 7) is 2.78. The summed E-state index contributed by atoms with van der Waals surface area (Å²) in [5.74, 6) is -0.458. The number of methoxy groups -OCH3 is 2. The molecule has 10 heteroatoms. The van der Waals surface area contributed by atoms with Crippen molar-refractivity contribution in [2.24, 2.45) is 0 Å². The van der Waals surface area contributed by atoms with Gasteiger partial charge in [0.15, 0.2) is 11.5 Å². The lowest BCUT2D eigenvalue weighted by Crippen LogP contribution is -2.47. The van der Waals surface area contributed by atoms with Crippen LogP contribution in [0.3, 0.4) is 0 Å². The largest absolute Gasteiger partial charge is 0.493 e. The Morgan fingerprint density at radius 3 is 2.14 bits per heavy atom. The van der Waals surface area contributed by atoms with Crippen LogP contribution in [0.4, 0.5) is 17.1 Å². The maximum atomic E-state index is 12.9. The number of aromatic carboxylic acids is 1. The molecule has 0 amide bonds. The van der Waals surface area contributed by atoms with Gasteiger partial charge in [-0.05, 0) is 42.5 Å². The van der Waals surface area contributed by atoms with Gasteiger partial charge in [0, 0.05) is 43.6 Å². The average Bonchev–Trinajstić information content (AvgIpc) is 2.88. The molecule has 1 heterocycles. The number of nitrogens with one attached hydrogen (secondary N) is 1. The first-order valence-electron chi connectivity index (χ1n) is 11.0. The minimum Gasteiger partial charge on any atom is -0.493 e. The molecule has 2 N–H and O–H groups in total. The number of piperazine rings is 1. The molecule has 4 rings (SSSR count). The molecule has 0 saturated carbocycles. The quantitative estimate of drug-likeness (QED) is 0.487. The predicted molar refractivity (Wildman–Crippen MR) is 135 cm³/mol. The van der Waals surface area contributed by atoms with E-state index in [-0.39, 0.29) is 21.9 Å². The molecule has 35 heavy (non-hydrogen) atoms. The number of rotatable bonds is 8. The molecule has 3 aromatic carbocycles. The third kappa shape index (κ3) is 5.27. The highest BCUT2D eigenvalue weighted by Gasteiger charge is 2.23. The van der Waals surface area contributed by atoms with Gasteiger partial charge in [-0.1, -0.05) is 18.2 Å². The van der Waals surface area contributed by atoms with Crippen LogP contribution in [0.25, 0.3) is 0 Å².